The number of nitrogens with zero attached hydrogens (tertiary/aromatic N) is 3. The standard InChI is InChI=1S/C11H11Br2N5O/c1-2-19-11-17-9(14)16-10(18-11)15-8-4-3-6(12)5-7(8)13/h3-5H,2H2,1H3,(H3,14,15,16,17,18). The monoisotopic (exact) mass is 387 g/mol. The van der Waals surface area contributed by atoms with Crippen LogP contribution in [0, 0.1) is 0 Å². The molecule has 1 heterocycles. The first-order valence-corrected chi connectivity index (χ1v) is 7.03. The second-order valence-electron chi connectivity index (χ2n) is 3.48. The molecule has 0 aliphatic rings. The van der Waals surface area contributed by atoms with Crippen LogP contribution in [0.3, 0.4) is 0 Å². The van der Waals surface area contributed by atoms with E-state index in [-0.39, 0.29) is 12.0 Å². The molecule has 0 fully saturated rings. The Kier molecular flexibility index (Phi) is 4.54. The topological polar surface area (TPSA) is 86.0 Å². The molecular formula is C11H11Br2N5O. The first-order chi connectivity index (χ1) is 9.08. The number of halogens is 2. The van der Waals surface area contributed by atoms with Gasteiger partial charge in [-0.2, -0.15) is 15.0 Å². The maximum absolute atomic E-state index is 5.60. The number of ether oxygens (including phenoxy) is 1. The number of anilines is 3. The Morgan fingerprint density at radius 2 is 2.05 bits per heavy atom. The van der Waals surface area contributed by atoms with Crippen LogP contribution in [0.4, 0.5) is 17.6 Å². The lowest BCUT2D eigenvalue weighted by molar-refractivity contribution is 0.312. The highest BCUT2D eigenvalue weighted by Crippen LogP contribution is 2.28. The fourth-order valence-electron chi connectivity index (χ4n) is 1.33. The summed E-state index contributed by atoms with van der Waals surface area (Å²) >= 11 is 6.83. The lowest BCUT2D eigenvalue weighted by atomic mass is 10.3. The van der Waals surface area contributed by atoms with Crippen molar-refractivity contribution in [3.8, 4) is 6.01 Å². The summed E-state index contributed by atoms with van der Waals surface area (Å²) in [5, 5.41) is 3.05. The Hall–Kier alpha value is -1.41. The predicted molar refractivity (Wildman–Crippen MR) is 80.5 cm³/mol. The van der Waals surface area contributed by atoms with Gasteiger partial charge in [-0.1, -0.05) is 15.9 Å². The Balaban J connectivity index is 2.27. The number of nitrogen functional groups attached to an aromatic ring is 1. The van der Waals surface area contributed by atoms with Crippen molar-refractivity contribution in [2.24, 2.45) is 0 Å². The van der Waals surface area contributed by atoms with Crippen LogP contribution < -0.4 is 15.8 Å². The number of hydrogen-bond donors (Lipinski definition) is 2. The molecule has 0 unspecified atom stereocenters. The molecule has 19 heavy (non-hydrogen) atoms. The maximum atomic E-state index is 5.60. The van der Waals surface area contributed by atoms with E-state index in [0.717, 1.165) is 14.6 Å². The summed E-state index contributed by atoms with van der Waals surface area (Å²) in [6.07, 6.45) is 0. The third-order valence-corrected chi connectivity index (χ3v) is 3.23. The molecule has 3 N–H and O–H groups in total. The minimum Gasteiger partial charge on any atom is -0.464 e. The van der Waals surface area contributed by atoms with Crippen molar-refractivity contribution >= 4 is 49.4 Å². The van der Waals surface area contributed by atoms with Gasteiger partial charge in [0, 0.05) is 8.95 Å². The number of nitrogens with two attached hydrogens (primary N) is 1. The van der Waals surface area contributed by atoms with E-state index in [4.69, 9.17) is 10.5 Å². The molecule has 0 spiro atoms. The number of nitrogens with one attached hydrogen (secondary N) is 1. The molecule has 100 valence electrons. The van der Waals surface area contributed by atoms with Crippen LogP contribution in [0.2, 0.25) is 0 Å². The van der Waals surface area contributed by atoms with Crippen molar-refractivity contribution in [3.05, 3.63) is 27.1 Å². The van der Waals surface area contributed by atoms with Crippen molar-refractivity contribution in [1.82, 2.24) is 15.0 Å². The van der Waals surface area contributed by atoms with Gasteiger partial charge in [0.15, 0.2) is 0 Å². The zero-order valence-corrected chi connectivity index (χ0v) is 13.2. The third-order valence-electron chi connectivity index (χ3n) is 2.08. The molecule has 2 aromatic rings. The lowest BCUT2D eigenvalue weighted by Crippen LogP contribution is -2.06. The van der Waals surface area contributed by atoms with Crippen LogP contribution in [0.5, 0.6) is 6.01 Å². The largest absolute Gasteiger partial charge is 0.464 e. The van der Waals surface area contributed by atoms with Gasteiger partial charge in [0.05, 0.1) is 12.3 Å². The molecule has 6 nitrogen and oxygen atoms in total. The van der Waals surface area contributed by atoms with Crippen molar-refractivity contribution < 1.29 is 4.74 Å². The first kappa shape index (κ1) is 14.0. The SMILES string of the molecule is CCOc1nc(N)nc(Nc2ccc(Br)cc2Br)n1. The van der Waals surface area contributed by atoms with Gasteiger partial charge in [0.1, 0.15) is 0 Å². The van der Waals surface area contributed by atoms with Gasteiger partial charge in [0.2, 0.25) is 11.9 Å². The predicted octanol–water partition coefficient (Wildman–Crippen LogP) is 3.12. The summed E-state index contributed by atoms with van der Waals surface area (Å²) < 4.78 is 7.05. The summed E-state index contributed by atoms with van der Waals surface area (Å²) in [5.74, 6) is 0.438. The maximum Gasteiger partial charge on any atom is 0.323 e. The second-order valence-corrected chi connectivity index (χ2v) is 5.25. The van der Waals surface area contributed by atoms with E-state index in [1.54, 1.807) is 0 Å². The molecule has 0 aliphatic heterocycles. The lowest BCUT2D eigenvalue weighted by Gasteiger charge is -2.09. The molecule has 0 saturated heterocycles. The molecular weight excluding hydrogens is 378 g/mol. The zero-order valence-electron chi connectivity index (χ0n) is 10.0. The molecule has 0 radical (unpaired) electrons. The molecule has 0 bridgehead atoms. The molecule has 0 amide bonds. The highest BCUT2D eigenvalue weighted by molar-refractivity contribution is 9.11. The molecule has 0 atom stereocenters. The smallest absolute Gasteiger partial charge is 0.323 e. The van der Waals surface area contributed by atoms with Crippen LogP contribution in [0.15, 0.2) is 27.1 Å². The van der Waals surface area contributed by atoms with Crippen LogP contribution in [-0.4, -0.2) is 21.6 Å². The van der Waals surface area contributed by atoms with Crippen molar-refractivity contribution in [1.29, 1.82) is 0 Å². The van der Waals surface area contributed by atoms with Gasteiger partial charge < -0.3 is 15.8 Å². The molecule has 1 aromatic carbocycles. The third kappa shape index (κ3) is 3.77. The normalized spacial score (nSPS) is 10.3. The number of aromatic nitrogens is 3. The highest BCUT2D eigenvalue weighted by atomic mass is 79.9. The van der Waals surface area contributed by atoms with E-state index in [0.29, 0.717) is 12.6 Å². The van der Waals surface area contributed by atoms with Crippen LogP contribution in [0.1, 0.15) is 6.92 Å². The Bertz CT molecular complexity index is 593. The van der Waals surface area contributed by atoms with E-state index >= 15 is 0 Å². The quantitative estimate of drug-likeness (QED) is 0.836. The summed E-state index contributed by atoms with van der Waals surface area (Å²) in [4.78, 5) is 12.0. The minimum atomic E-state index is 0.106. The Labute approximate surface area is 127 Å². The van der Waals surface area contributed by atoms with E-state index in [1.165, 1.54) is 0 Å². The Morgan fingerprint density at radius 3 is 2.74 bits per heavy atom. The fourth-order valence-corrected chi connectivity index (χ4v) is 2.48. The summed E-state index contributed by atoms with van der Waals surface area (Å²) in [6, 6.07) is 5.90. The second kappa shape index (κ2) is 6.16. The van der Waals surface area contributed by atoms with Crippen molar-refractivity contribution in [2.45, 2.75) is 6.92 Å². The summed E-state index contributed by atoms with van der Waals surface area (Å²) in [7, 11) is 0. The number of hydrogen-bond acceptors (Lipinski definition) is 6. The molecule has 1 aromatic heterocycles. The minimum absolute atomic E-state index is 0.106. The molecule has 0 saturated carbocycles. The molecule has 8 heteroatoms. The van der Waals surface area contributed by atoms with Crippen molar-refractivity contribution in [3.63, 3.8) is 0 Å². The van der Waals surface area contributed by atoms with E-state index < -0.39 is 0 Å². The van der Waals surface area contributed by atoms with Crippen LogP contribution in [-0.2, 0) is 0 Å². The number of rotatable bonds is 4. The van der Waals surface area contributed by atoms with Gasteiger partial charge in [-0.05, 0) is 41.1 Å². The van der Waals surface area contributed by atoms with Crippen LogP contribution >= 0.6 is 31.9 Å². The highest BCUT2D eigenvalue weighted by Gasteiger charge is 2.07. The fraction of sp³-hybridized carbons (Fsp3) is 0.182. The zero-order chi connectivity index (χ0) is 13.8. The number of benzene rings is 1. The van der Waals surface area contributed by atoms with Gasteiger partial charge in [-0.15, -0.1) is 0 Å². The van der Waals surface area contributed by atoms with E-state index in [1.807, 2.05) is 25.1 Å². The first-order valence-electron chi connectivity index (χ1n) is 5.45. The molecule has 2 rings (SSSR count). The Morgan fingerprint density at radius 1 is 1.26 bits per heavy atom. The average molecular weight is 389 g/mol. The van der Waals surface area contributed by atoms with Gasteiger partial charge >= 0.3 is 6.01 Å². The van der Waals surface area contributed by atoms with Crippen LogP contribution in [0.25, 0.3) is 0 Å². The van der Waals surface area contributed by atoms with E-state index in [2.05, 4.69) is 52.1 Å². The summed E-state index contributed by atoms with van der Waals surface area (Å²) in [5.41, 5.74) is 6.42. The average Bonchev–Trinajstić information content (AvgIpc) is 2.32. The van der Waals surface area contributed by atoms with E-state index in [9.17, 15) is 0 Å². The van der Waals surface area contributed by atoms with Gasteiger partial charge in [-0.25, -0.2) is 0 Å². The summed E-state index contributed by atoms with van der Waals surface area (Å²) in [6.45, 7) is 2.31. The van der Waals surface area contributed by atoms with Gasteiger partial charge in [-0.3, -0.25) is 0 Å². The van der Waals surface area contributed by atoms with Gasteiger partial charge in [0.25, 0.3) is 0 Å². The molecule has 0 aliphatic carbocycles. The van der Waals surface area contributed by atoms with Crippen molar-refractivity contribution in [2.75, 3.05) is 17.7 Å².